The summed E-state index contributed by atoms with van der Waals surface area (Å²) in [5.74, 6) is 1.45. The molecule has 0 amide bonds. The minimum absolute atomic E-state index is 0.0788. The minimum atomic E-state index is -0.407. The lowest BCUT2D eigenvalue weighted by molar-refractivity contribution is -0.0297. The van der Waals surface area contributed by atoms with E-state index in [1.54, 1.807) is 0 Å². The van der Waals surface area contributed by atoms with Crippen molar-refractivity contribution in [2.24, 2.45) is 11.8 Å². The maximum absolute atomic E-state index is 10.3. The maximum Gasteiger partial charge on any atom is 0.0900 e. The molecule has 1 aliphatic rings. The van der Waals surface area contributed by atoms with Gasteiger partial charge in [0.15, 0.2) is 0 Å². The Hall–Kier alpha value is -0.900. The lowest BCUT2D eigenvalue weighted by Gasteiger charge is -2.36. The van der Waals surface area contributed by atoms with Crippen molar-refractivity contribution < 1.29 is 9.84 Å². The van der Waals surface area contributed by atoms with Crippen LogP contribution in [0.4, 0.5) is 0 Å². The summed E-state index contributed by atoms with van der Waals surface area (Å²) >= 11 is 0. The fourth-order valence-electron chi connectivity index (χ4n) is 3.64. The van der Waals surface area contributed by atoms with Gasteiger partial charge in [0, 0.05) is 19.6 Å². The number of β-amino-alcohol motifs (C(OH)–C–C–N with tert-alkyl or cyclic N) is 1. The van der Waals surface area contributed by atoms with E-state index in [2.05, 4.69) is 37.8 Å². The Morgan fingerprint density at radius 3 is 2.41 bits per heavy atom. The largest absolute Gasteiger partial charge is 0.389 e. The Bertz CT molecular complexity index is 413. The molecule has 3 nitrogen and oxygen atoms in total. The number of hydrogen-bond donors (Lipinski definition) is 1. The van der Waals surface area contributed by atoms with Gasteiger partial charge >= 0.3 is 0 Å². The van der Waals surface area contributed by atoms with Gasteiger partial charge in [-0.05, 0) is 30.2 Å². The normalized spacial score (nSPS) is 25.8. The summed E-state index contributed by atoms with van der Waals surface area (Å²) < 4.78 is 5.96. The molecule has 0 bridgehead atoms. The van der Waals surface area contributed by atoms with E-state index in [0.717, 1.165) is 37.9 Å². The van der Waals surface area contributed by atoms with E-state index in [-0.39, 0.29) is 6.10 Å². The van der Waals surface area contributed by atoms with Crippen molar-refractivity contribution in [3.8, 4) is 0 Å². The first-order valence-corrected chi connectivity index (χ1v) is 8.65. The summed E-state index contributed by atoms with van der Waals surface area (Å²) in [5.41, 5.74) is 1.19. The van der Waals surface area contributed by atoms with Gasteiger partial charge in [-0.1, -0.05) is 51.1 Å². The van der Waals surface area contributed by atoms with Gasteiger partial charge in [-0.25, -0.2) is 0 Å². The summed E-state index contributed by atoms with van der Waals surface area (Å²) in [6.07, 6.45) is 1.90. The predicted octanol–water partition coefficient (Wildman–Crippen LogP) is 3.49. The van der Waals surface area contributed by atoms with Crippen LogP contribution in [0, 0.1) is 11.8 Å². The van der Waals surface area contributed by atoms with Crippen molar-refractivity contribution in [3.05, 3.63) is 35.9 Å². The van der Waals surface area contributed by atoms with Crippen LogP contribution in [0.5, 0.6) is 0 Å². The topological polar surface area (TPSA) is 32.7 Å². The summed E-state index contributed by atoms with van der Waals surface area (Å²) in [7, 11) is 0. The third-order valence-electron chi connectivity index (χ3n) is 4.45. The monoisotopic (exact) mass is 305 g/mol. The van der Waals surface area contributed by atoms with Crippen LogP contribution in [0.2, 0.25) is 0 Å². The van der Waals surface area contributed by atoms with Crippen LogP contribution in [0.15, 0.2) is 30.3 Å². The van der Waals surface area contributed by atoms with E-state index in [9.17, 15) is 5.11 Å². The first-order chi connectivity index (χ1) is 10.6. The SMILES string of the molecule is CC[C@@H](OC[C@H](O)CN1C[C@H](C)C[C@H](C)C1)c1ccccc1. The number of benzene rings is 1. The quantitative estimate of drug-likeness (QED) is 0.837. The highest BCUT2D eigenvalue weighted by Gasteiger charge is 2.23. The number of ether oxygens (including phenoxy) is 1. The van der Waals surface area contributed by atoms with Crippen molar-refractivity contribution in [2.45, 2.75) is 45.8 Å². The summed E-state index contributed by atoms with van der Waals surface area (Å²) in [6.45, 7) is 10.0. The molecule has 3 heteroatoms. The zero-order valence-corrected chi connectivity index (χ0v) is 14.2. The Morgan fingerprint density at radius 2 is 1.82 bits per heavy atom. The molecule has 124 valence electrons. The molecule has 2 rings (SSSR count). The van der Waals surface area contributed by atoms with Crippen molar-refractivity contribution in [3.63, 3.8) is 0 Å². The second-order valence-electron chi connectivity index (χ2n) is 6.96. The lowest BCUT2D eigenvalue weighted by Crippen LogP contribution is -2.43. The summed E-state index contributed by atoms with van der Waals surface area (Å²) in [6, 6.07) is 10.3. The Kier molecular flexibility index (Phi) is 6.87. The highest BCUT2D eigenvalue weighted by atomic mass is 16.5. The van der Waals surface area contributed by atoms with Crippen LogP contribution in [0.3, 0.4) is 0 Å². The predicted molar refractivity (Wildman–Crippen MR) is 90.8 cm³/mol. The molecule has 0 aromatic heterocycles. The molecule has 0 saturated carbocycles. The van der Waals surface area contributed by atoms with Gasteiger partial charge in [0.25, 0.3) is 0 Å². The van der Waals surface area contributed by atoms with E-state index < -0.39 is 6.10 Å². The molecular weight excluding hydrogens is 274 g/mol. The van der Waals surface area contributed by atoms with Crippen molar-refractivity contribution in [1.82, 2.24) is 4.90 Å². The number of likely N-dealkylation sites (tertiary alicyclic amines) is 1. The smallest absolute Gasteiger partial charge is 0.0900 e. The van der Waals surface area contributed by atoms with Crippen LogP contribution >= 0.6 is 0 Å². The van der Waals surface area contributed by atoms with Crippen molar-refractivity contribution in [2.75, 3.05) is 26.2 Å². The van der Waals surface area contributed by atoms with E-state index >= 15 is 0 Å². The van der Waals surface area contributed by atoms with Crippen LogP contribution < -0.4 is 0 Å². The number of aliphatic hydroxyl groups excluding tert-OH is 1. The third kappa shape index (κ3) is 5.38. The molecule has 1 N–H and O–H groups in total. The Labute approximate surface area is 135 Å². The number of aliphatic hydroxyl groups is 1. The third-order valence-corrected chi connectivity index (χ3v) is 4.45. The van der Waals surface area contributed by atoms with E-state index in [0.29, 0.717) is 6.61 Å². The highest BCUT2D eigenvalue weighted by Crippen LogP contribution is 2.22. The highest BCUT2D eigenvalue weighted by molar-refractivity contribution is 5.17. The number of rotatable bonds is 7. The maximum atomic E-state index is 10.3. The first kappa shape index (κ1) is 17.5. The molecule has 1 aliphatic heterocycles. The number of piperidine rings is 1. The lowest BCUT2D eigenvalue weighted by atomic mass is 9.92. The molecule has 0 aliphatic carbocycles. The second kappa shape index (κ2) is 8.66. The zero-order valence-electron chi connectivity index (χ0n) is 14.2. The van der Waals surface area contributed by atoms with Crippen molar-refractivity contribution >= 4 is 0 Å². The van der Waals surface area contributed by atoms with Gasteiger partial charge in [-0.15, -0.1) is 0 Å². The minimum Gasteiger partial charge on any atom is -0.389 e. The summed E-state index contributed by atoms with van der Waals surface area (Å²) in [4.78, 5) is 2.39. The molecule has 1 heterocycles. The second-order valence-corrected chi connectivity index (χ2v) is 6.96. The van der Waals surface area contributed by atoms with Gasteiger partial charge < -0.3 is 14.7 Å². The number of nitrogens with zero attached hydrogens (tertiary/aromatic N) is 1. The molecule has 1 saturated heterocycles. The van der Waals surface area contributed by atoms with Crippen LogP contribution in [0.25, 0.3) is 0 Å². The Morgan fingerprint density at radius 1 is 1.18 bits per heavy atom. The van der Waals surface area contributed by atoms with Gasteiger partial charge in [-0.2, -0.15) is 0 Å². The standard InChI is InChI=1S/C19H31NO2/c1-4-19(17-8-6-5-7-9-17)22-14-18(21)13-20-11-15(2)10-16(3)12-20/h5-9,15-16,18-19,21H,4,10-14H2,1-3H3/t15-,16+,18-,19-/m1/s1. The van der Waals surface area contributed by atoms with E-state index in [1.165, 1.54) is 12.0 Å². The fourth-order valence-corrected chi connectivity index (χ4v) is 3.64. The molecule has 1 aromatic carbocycles. The molecular formula is C19H31NO2. The zero-order chi connectivity index (χ0) is 15.9. The van der Waals surface area contributed by atoms with E-state index in [4.69, 9.17) is 4.74 Å². The average Bonchev–Trinajstić information content (AvgIpc) is 2.48. The van der Waals surface area contributed by atoms with Gasteiger partial charge in [0.05, 0.1) is 18.8 Å². The van der Waals surface area contributed by atoms with Crippen LogP contribution in [0.1, 0.15) is 45.3 Å². The number of hydrogen-bond acceptors (Lipinski definition) is 3. The van der Waals surface area contributed by atoms with E-state index in [1.807, 2.05) is 18.2 Å². The van der Waals surface area contributed by atoms with Gasteiger partial charge in [0.2, 0.25) is 0 Å². The van der Waals surface area contributed by atoms with Gasteiger partial charge in [-0.3, -0.25) is 0 Å². The van der Waals surface area contributed by atoms with Crippen LogP contribution in [-0.2, 0) is 4.74 Å². The molecule has 22 heavy (non-hydrogen) atoms. The first-order valence-electron chi connectivity index (χ1n) is 8.65. The molecule has 1 aromatic rings. The fraction of sp³-hybridized carbons (Fsp3) is 0.684. The average molecular weight is 305 g/mol. The summed E-state index contributed by atoms with van der Waals surface area (Å²) in [5, 5.41) is 10.3. The molecule has 0 radical (unpaired) electrons. The molecule has 1 fully saturated rings. The molecule has 0 spiro atoms. The van der Waals surface area contributed by atoms with Crippen molar-refractivity contribution in [1.29, 1.82) is 0 Å². The molecule has 0 unspecified atom stereocenters. The molecule has 4 atom stereocenters. The van der Waals surface area contributed by atoms with Gasteiger partial charge in [0.1, 0.15) is 0 Å². The van der Waals surface area contributed by atoms with Crippen LogP contribution in [-0.4, -0.2) is 42.4 Å². The Balaban J connectivity index is 1.78.